The lowest BCUT2D eigenvalue weighted by molar-refractivity contribution is -0.134. The minimum atomic E-state index is 0.00329. The van der Waals surface area contributed by atoms with Crippen molar-refractivity contribution in [2.75, 3.05) is 32.7 Å². The fraction of sp³-hybridized carbons (Fsp3) is 0.714. The van der Waals surface area contributed by atoms with E-state index >= 15 is 0 Å². The molecule has 0 N–H and O–H groups in total. The Hall–Kier alpha value is -2.02. The van der Waals surface area contributed by atoms with E-state index in [4.69, 9.17) is 4.98 Å². The highest BCUT2D eigenvalue weighted by Crippen LogP contribution is 2.30. The molecule has 0 aromatic carbocycles. The van der Waals surface area contributed by atoms with Crippen molar-refractivity contribution >= 4 is 11.8 Å². The highest BCUT2D eigenvalue weighted by molar-refractivity contribution is 5.78. The third kappa shape index (κ3) is 4.04. The van der Waals surface area contributed by atoms with Gasteiger partial charge in [-0.3, -0.25) is 14.5 Å². The van der Waals surface area contributed by atoms with Crippen LogP contribution in [0.4, 0.5) is 0 Å². The van der Waals surface area contributed by atoms with Crippen molar-refractivity contribution in [1.82, 2.24) is 24.7 Å². The van der Waals surface area contributed by atoms with Gasteiger partial charge < -0.3 is 9.80 Å². The van der Waals surface area contributed by atoms with Gasteiger partial charge in [-0.15, -0.1) is 0 Å². The average Bonchev–Trinajstić information content (AvgIpc) is 3.17. The molecule has 2 fully saturated rings. The highest BCUT2D eigenvalue weighted by atomic mass is 16.2. The molecule has 0 aliphatic carbocycles. The van der Waals surface area contributed by atoms with Gasteiger partial charge >= 0.3 is 0 Å². The van der Waals surface area contributed by atoms with Crippen molar-refractivity contribution in [3.63, 3.8) is 0 Å². The molecule has 3 aliphatic heterocycles. The van der Waals surface area contributed by atoms with Crippen molar-refractivity contribution < 1.29 is 9.59 Å². The predicted molar refractivity (Wildman–Crippen MR) is 105 cm³/mol. The summed E-state index contributed by atoms with van der Waals surface area (Å²) in [5.41, 5.74) is 2.08. The minimum Gasteiger partial charge on any atom is -0.337 e. The predicted octanol–water partition coefficient (Wildman–Crippen LogP) is 1.78. The molecule has 2 amide bonds. The first-order valence-corrected chi connectivity index (χ1v) is 10.6. The van der Waals surface area contributed by atoms with Crippen LogP contribution in [0.3, 0.4) is 0 Å². The Morgan fingerprint density at radius 3 is 2.79 bits per heavy atom. The van der Waals surface area contributed by atoms with Gasteiger partial charge in [0, 0.05) is 51.3 Å². The van der Waals surface area contributed by atoms with Gasteiger partial charge in [-0.1, -0.05) is 6.92 Å². The third-order valence-corrected chi connectivity index (χ3v) is 6.36. The van der Waals surface area contributed by atoms with E-state index in [1.807, 2.05) is 16.0 Å². The van der Waals surface area contributed by atoms with Gasteiger partial charge in [-0.25, -0.2) is 9.97 Å². The number of carbonyl (C=O) groups is 2. The number of piperidine rings is 1. The fourth-order valence-corrected chi connectivity index (χ4v) is 4.84. The minimum absolute atomic E-state index is 0.00329. The molecule has 7 nitrogen and oxygen atoms in total. The Morgan fingerprint density at radius 1 is 1.18 bits per heavy atom. The van der Waals surface area contributed by atoms with Crippen LogP contribution in [-0.2, 0) is 22.6 Å². The maximum absolute atomic E-state index is 12.8. The van der Waals surface area contributed by atoms with Gasteiger partial charge in [0.1, 0.15) is 0 Å². The molecule has 1 aromatic heterocycles. The summed E-state index contributed by atoms with van der Waals surface area (Å²) in [7, 11) is 0. The van der Waals surface area contributed by atoms with Gasteiger partial charge in [-0.2, -0.15) is 0 Å². The second-order valence-corrected chi connectivity index (χ2v) is 8.62. The number of rotatable bonds is 3. The highest BCUT2D eigenvalue weighted by Gasteiger charge is 2.31. The van der Waals surface area contributed by atoms with Gasteiger partial charge in [-0.05, 0) is 38.1 Å². The lowest BCUT2D eigenvalue weighted by Gasteiger charge is -2.34. The monoisotopic (exact) mass is 385 g/mol. The summed E-state index contributed by atoms with van der Waals surface area (Å²) in [6, 6.07) is 0.00329. The van der Waals surface area contributed by atoms with E-state index in [0.29, 0.717) is 25.6 Å². The molecule has 2 saturated heterocycles. The van der Waals surface area contributed by atoms with Crippen LogP contribution in [-0.4, -0.2) is 69.2 Å². The number of carbonyl (C=O) groups excluding carboxylic acids is 2. The largest absolute Gasteiger partial charge is 0.337 e. The summed E-state index contributed by atoms with van der Waals surface area (Å²) in [5, 5.41) is 0. The Balaban J connectivity index is 1.40. The molecule has 0 unspecified atom stereocenters. The van der Waals surface area contributed by atoms with Crippen molar-refractivity contribution in [2.24, 2.45) is 5.92 Å². The lowest BCUT2D eigenvalue weighted by Crippen LogP contribution is -2.45. The summed E-state index contributed by atoms with van der Waals surface area (Å²) in [5.74, 6) is 1.74. The molecule has 1 aromatic rings. The van der Waals surface area contributed by atoms with Crippen LogP contribution in [0.1, 0.15) is 62.7 Å². The molecule has 152 valence electrons. The maximum Gasteiger partial charge on any atom is 0.237 e. The smallest absolute Gasteiger partial charge is 0.237 e. The van der Waals surface area contributed by atoms with Gasteiger partial charge in [0.05, 0.1) is 18.3 Å². The van der Waals surface area contributed by atoms with Crippen molar-refractivity contribution in [3.05, 3.63) is 23.3 Å². The molecule has 0 saturated carbocycles. The zero-order chi connectivity index (χ0) is 19.7. The molecule has 7 heteroatoms. The van der Waals surface area contributed by atoms with Gasteiger partial charge in [0.25, 0.3) is 0 Å². The average molecular weight is 386 g/mol. The van der Waals surface area contributed by atoms with Crippen LogP contribution >= 0.6 is 0 Å². The summed E-state index contributed by atoms with van der Waals surface area (Å²) < 4.78 is 0. The molecule has 28 heavy (non-hydrogen) atoms. The number of hydrogen-bond donors (Lipinski definition) is 0. The molecule has 0 radical (unpaired) electrons. The molecule has 3 aliphatic rings. The zero-order valence-corrected chi connectivity index (χ0v) is 17.1. The Morgan fingerprint density at radius 2 is 2.00 bits per heavy atom. The molecule has 2 atom stereocenters. The van der Waals surface area contributed by atoms with Crippen molar-refractivity contribution in [2.45, 2.75) is 58.5 Å². The Bertz CT molecular complexity index is 752. The van der Waals surface area contributed by atoms with Crippen LogP contribution in [0.15, 0.2) is 6.20 Å². The van der Waals surface area contributed by atoms with Crippen LogP contribution < -0.4 is 0 Å². The molecule has 4 heterocycles. The standard InChI is InChI=1S/C21H31N5O2/c1-15-5-3-8-24(12-15)14-20(28)25-10-7-18-17(13-25)11-22-21(23-18)19-6-4-9-26(19)16(2)27/h11,15,19H,3-10,12-14H2,1-2H3/t15-,19-/m1/s1. The summed E-state index contributed by atoms with van der Waals surface area (Å²) in [6.45, 7) is 8.55. The van der Waals surface area contributed by atoms with Gasteiger partial charge in [0.2, 0.25) is 11.8 Å². The number of aromatic nitrogens is 2. The van der Waals surface area contributed by atoms with E-state index in [-0.39, 0.29) is 17.9 Å². The van der Waals surface area contributed by atoms with Crippen LogP contribution in [0, 0.1) is 5.92 Å². The second-order valence-electron chi connectivity index (χ2n) is 8.62. The van der Waals surface area contributed by atoms with E-state index in [0.717, 1.165) is 56.0 Å². The summed E-state index contributed by atoms with van der Waals surface area (Å²) in [6.07, 6.45) is 7.02. The second kappa shape index (κ2) is 8.15. The van der Waals surface area contributed by atoms with E-state index < -0.39 is 0 Å². The van der Waals surface area contributed by atoms with E-state index in [2.05, 4.69) is 16.8 Å². The molecular weight excluding hydrogens is 354 g/mol. The molecule has 0 spiro atoms. The first kappa shape index (κ1) is 19.3. The topological polar surface area (TPSA) is 69.6 Å². The number of likely N-dealkylation sites (tertiary alicyclic amines) is 2. The quantitative estimate of drug-likeness (QED) is 0.793. The first-order chi connectivity index (χ1) is 13.5. The van der Waals surface area contributed by atoms with E-state index in [1.54, 1.807) is 6.92 Å². The SMILES string of the molecule is CC(=O)N1CCC[C@@H]1c1ncc2c(n1)CCN(C(=O)CN1CCC[C@@H](C)C1)C2. The Kier molecular flexibility index (Phi) is 5.62. The van der Waals surface area contributed by atoms with Crippen molar-refractivity contribution in [1.29, 1.82) is 0 Å². The first-order valence-electron chi connectivity index (χ1n) is 10.6. The van der Waals surface area contributed by atoms with Crippen molar-refractivity contribution in [3.8, 4) is 0 Å². The molecular formula is C21H31N5O2. The summed E-state index contributed by atoms with van der Waals surface area (Å²) in [4.78, 5) is 40.1. The zero-order valence-electron chi connectivity index (χ0n) is 17.1. The maximum atomic E-state index is 12.8. The van der Waals surface area contributed by atoms with Crippen LogP contribution in [0.25, 0.3) is 0 Å². The lowest BCUT2D eigenvalue weighted by atomic mass is 10.0. The number of nitrogens with zero attached hydrogens (tertiary/aromatic N) is 5. The Labute approximate surface area is 167 Å². The van der Waals surface area contributed by atoms with E-state index in [9.17, 15) is 9.59 Å². The number of hydrogen-bond acceptors (Lipinski definition) is 5. The summed E-state index contributed by atoms with van der Waals surface area (Å²) >= 11 is 0. The molecule has 4 rings (SSSR count). The van der Waals surface area contributed by atoms with Crippen LogP contribution in [0.5, 0.6) is 0 Å². The van der Waals surface area contributed by atoms with Crippen LogP contribution in [0.2, 0.25) is 0 Å². The number of fused-ring (bicyclic) bond motifs is 1. The third-order valence-electron chi connectivity index (χ3n) is 6.36. The van der Waals surface area contributed by atoms with Gasteiger partial charge in [0.15, 0.2) is 5.82 Å². The number of amides is 2. The normalized spacial score (nSPS) is 25.6. The fourth-order valence-electron chi connectivity index (χ4n) is 4.84. The van der Waals surface area contributed by atoms with E-state index in [1.165, 1.54) is 12.8 Å². The molecule has 0 bridgehead atoms.